The molecule has 1 amide bonds. The Morgan fingerprint density at radius 1 is 1.33 bits per heavy atom. The molecule has 2 aliphatic carbocycles. The zero-order chi connectivity index (χ0) is 14.2. The van der Waals surface area contributed by atoms with Gasteiger partial charge in [0.05, 0.1) is 6.42 Å². The minimum atomic E-state index is 0.200. The van der Waals surface area contributed by atoms with Gasteiger partial charge < -0.3 is 10.2 Å². The van der Waals surface area contributed by atoms with Gasteiger partial charge in [-0.15, -0.1) is 0 Å². The molecule has 0 unspecified atom stereocenters. The van der Waals surface area contributed by atoms with Crippen LogP contribution in [0.25, 0.3) is 0 Å². The first-order chi connectivity index (χ1) is 10.3. The Balaban J connectivity index is 1.34. The number of hydrogen-bond donors (Lipinski definition) is 1. The standard InChI is InChI=1S/C16H23N3OS/c20-15(18-14-6-5-11-3-1-4-13(11)14)9-12-10-21-16-17-7-2-8-19(12)16/h10-11,13-14H,1-9H2,(H,18,20)/t11-,13-,14-/m1/s1. The SMILES string of the molecule is O=C(CC1=CSC2=NCCCN12)N[C@@H]1CC[C@H]2CCC[C@H]21. The third-order valence-corrected chi connectivity index (χ3v) is 6.39. The minimum Gasteiger partial charge on any atom is -0.353 e. The van der Waals surface area contributed by atoms with Crippen molar-refractivity contribution in [1.29, 1.82) is 0 Å². The average molecular weight is 305 g/mol. The molecule has 0 aromatic heterocycles. The van der Waals surface area contributed by atoms with E-state index in [4.69, 9.17) is 0 Å². The Kier molecular flexibility index (Phi) is 3.69. The maximum atomic E-state index is 12.4. The summed E-state index contributed by atoms with van der Waals surface area (Å²) in [5, 5.41) is 6.51. The Hall–Kier alpha value is -0.970. The molecule has 1 N–H and O–H groups in total. The number of nitrogens with zero attached hydrogens (tertiary/aromatic N) is 2. The number of carbonyl (C=O) groups is 1. The normalized spacial score (nSPS) is 34.3. The number of rotatable bonds is 3. The lowest BCUT2D eigenvalue weighted by Crippen LogP contribution is -2.39. The number of aliphatic imine (C=N–C) groups is 1. The molecule has 0 aromatic carbocycles. The molecule has 2 saturated carbocycles. The monoisotopic (exact) mass is 305 g/mol. The second-order valence-electron chi connectivity index (χ2n) is 6.68. The highest BCUT2D eigenvalue weighted by Gasteiger charge is 2.39. The highest BCUT2D eigenvalue weighted by molar-refractivity contribution is 8.16. The van der Waals surface area contributed by atoms with Crippen molar-refractivity contribution in [3.63, 3.8) is 0 Å². The second-order valence-corrected chi connectivity index (χ2v) is 7.52. The number of amides is 1. The minimum absolute atomic E-state index is 0.200. The van der Waals surface area contributed by atoms with Crippen LogP contribution in [-0.2, 0) is 4.79 Å². The maximum Gasteiger partial charge on any atom is 0.226 e. The van der Waals surface area contributed by atoms with E-state index in [1.807, 2.05) is 0 Å². The van der Waals surface area contributed by atoms with Crippen LogP contribution >= 0.6 is 11.8 Å². The molecule has 0 radical (unpaired) electrons. The van der Waals surface area contributed by atoms with Crippen LogP contribution in [-0.4, -0.2) is 35.1 Å². The van der Waals surface area contributed by atoms with Gasteiger partial charge in [0, 0.05) is 24.8 Å². The first-order valence-corrected chi connectivity index (χ1v) is 9.16. The fourth-order valence-electron chi connectivity index (χ4n) is 4.44. The largest absolute Gasteiger partial charge is 0.353 e. The van der Waals surface area contributed by atoms with Crippen LogP contribution in [0.1, 0.15) is 44.9 Å². The van der Waals surface area contributed by atoms with Crippen molar-refractivity contribution < 1.29 is 4.79 Å². The first kappa shape index (κ1) is 13.7. The van der Waals surface area contributed by atoms with Crippen LogP contribution < -0.4 is 5.32 Å². The molecular weight excluding hydrogens is 282 g/mol. The van der Waals surface area contributed by atoms with Crippen molar-refractivity contribution in [3.8, 4) is 0 Å². The van der Waals surface area contributed by atoms with Crippen molar-refractivity contribution in [1.82, 2.24) is 10.2 Å². The molecule has 0 bridgehead atoms. The summed E-state index contributed by atoms with van der Waals surface area (Å²) in [4.78, 5) is 19.1. The predicted molar refractivity (Wildman–Crippen MR) is 85.9 cm³/mol. The van der Waals surface area contributed by atoms with Crippen LogP contribution in [0, 0.1) is 11.8 Å². The van der Waals surface area contributed by atoms with Crippen LogP contribution in [0.15, 0.2) is 16.1 Å². The fourth-order valence-corrected chi connectivity index (χ4v) is 5.39. The number of carbonyl (C=O) groups excluding carboxylic acids is 1. The first-order valence-electron chi connectivity index (χ1n) is 8.28. The van der Waals surface area contributed by atoms with Gasteiger partial charge in [-0.1, -0.05) is 24.6 Å². The van der Waals surface area contributed by atoms with Gasteiger partial charge in [-0.05, 0) is 42.9 Å². The van der Waals surface area contributed by atoms with E-state index in [2.05, 4.69) is 20.6 Å². The zero-order valence-corrected chi connectivity index (χ0v) is 13.2. The van der Waals surface area contributed by atoms with Crippen LogP contribution in [0.3, 0.4) is 0 Å². The zero-order valence-electron chi connectivity index (χ0n) is 12.4. The fraction of sp³-hybridized carbons (Fsp3) is 0.750. The molecule has 21 heavy (non-hydrogen) atoms. The third kappa shape index (κ3) is 2.60. The predicted octanol–water partition coefficient (Wildman–Crippen LogP) is 2.72. The lowest BCUT2D eigenvalue weighted by molar-refractivity contribution is -0.121. The van der Waals surface area contributed by atoms with Crippen LogP contribution in [0.4, 0.5) is 0 Å². The van der Waals surface area contributed by atoms with Gasteiger partial charge in [-0.25, -0.2) is 0 Å². The van der Waals surface area contributed by atoms with Gasteiger partial charge >= 0.3 is 0 Å². The molecule has 5 heteroatoms. The summed E-state index contributed by atoms with van der Waals surface area (Å²) < 4.78 is 0. The van der Waals surface area contributed by atoms with E-state index >= 15 is 0 Å². The molecule has 0 saturated heterocycles. The molecule has 4 aliphatic rings. The highest BCUT2D eigenvalue weighted by atomic mass is 32.2. The maximum absolute atomic E-state index is 12.4. The van der Waals surface area contributed by atoms with Crippen molar-refractivity contribution in [2.24, 2.45) is 16.8 Å². The Labute approximate surface area is 130 Å². The van der Waals surface area contributed by atoms with Gasteiger partial charge in [0.25, 0.3) is 0 Å². The van der Waals surface area contributed by atoms with Crippen molar-refractivity contribution in [2.75, 3.05) is 13.1 Å². The van der Waals surface area contributed by atoms with E-state index in [0.717, 1.165) is 42.2 Å². The van der Waals surface area contributed by atoms with E-state index in [9.17, 15) is 4.79 Å². The summed E-state index contributed by atoms with van der Waals surface area (Å²) in [6.45, 7) is 1.94. The molecule has 4 rings (SSSR count). The smallest absolute Gasteiger partial charge is 0.226 e. The number of hydrogen-bond acceptors (Lipinski definition) is 4. The number of fused-ring (bicyclic) bond motifs is 2. The summed E-state index contributed by atoms with van der Waals surface area (Å²) in [7, 11) is 0. The average Bonchev–Trinajstić information content (AvgIpc) is 3.17. The third-order valence-electron chi connectivity index (χ3n) is 5.44. The van der Waals surface area contributed by atoms with Gasteiger partial charge in [0.15, 0.2) is 5.17 Å². The van der Waals surface area contributed by atoms with Crippen molar-refractivity contribution in [3.05, 3.63) is 11.1 Å². The highest BCUT2D eigenvalue weighted by Crippen LogP contribution is 2.44. The van der Waals surface area contributed by atoms with E-state index in [0.29, 0.717) is 12.5 Å². The molecule has 114 valence electrons. The summed E-state index contributed by atoms with van der Waals surface area (Å²) in [6, 6.07) is 0.439. The summed E-state index contributed by atoms with van der Waals surface area (Å²) in [6.07, 6.45) is 8.16. The van der Waals surface area contributed by atoms with Crippen LogP contribution in [0.2, 0.25) is 0 Å². The topological polar surface area (TPSA) is 44.7 Å². The number of amidine groups is 1. The van der Waals surface area contributed by atoms with Crippen LogP contribution in [0.5, 0.6) is 0 Å². The van der Waals surface area contributed by atoms with E-state index in [1.165, 1.54) is 32.1 Å². The van der Waals surface area contributed by atoms with E-state index in [1.54, 1.807) is 11.8 Å². The number of thioether (sulfide) groups is 1. The molecule has 3 atom stereocenters. The molecule has 0 spiro atoms. The molecule has 2 heterocycles. The lowest BCUT2D eigenvalue weighted by Gasteiger charge is -2.26. The van der Waals surface area contributed by atoms with Gasteiger partial charge in [-0.3, -0.25) is 9.79 Å². The molecule has 2 fully saturated rings. The number of nitrogens with one attached hydrogen (secondary N) is 1. The quantitative estimate of drug-likeness (QED) is 0.872. The molecule has 2 aliphatic heterocycles. The summed E-state index contributed by atoms with van der Waals surface area (Å²) >= 11 is 1.67. The van der Waals surface area contributed by atoms with E-state index in [-0.39, 0.29) is 5.91 Å². The van der Waals surface area contributed by atoms with E-state index < -0.39 is 0 Å². The Morgan fingerprint density at radius 2 is 2.29 bits per heavy atom. The second kappa shape index (κ2) is 5.67. The van der Waals surface area contributed by atoms with Gasteiger partial charge in [0.2, 0.25) is 5.91 Å². The van der Waals surface area contributed by atoms with Gasteiger partial charge in [-0.2, -0.15) is 0 Å². The summed E-state index contributed by atoms with van der Waals surface area (Å²) in [5.41, 5.74) is 1.14. The Morgan fingerprint density at radius 3 is 3.24 bits per heavy atom. The van der Waals surface area contributed by atoms with Crippen molar-refractivity contribution >= 4 is 22.8 Å². The molecule has 0 aromatic rings. The Bertz CT molecular complexity index is 502. The van der Waals surface area contributed by atoms with Gasteiger partial charge in [0.1, 0.15) is 0 Å². The van der Waals surface area contributed by atoms with Crippen molar-refractivity contribution in [2.45, 2.75) is 51.0 Å². The molecule has 4 nitrogen and oxygen atoms in total. The summed E-state index contributed by atoms with van der Waals surface area (Å²) in [5.74, 6) is 1.84. The molecular formula is C16H23N3OS. The lowest BCUT2D eigenvalue weighted by atomic mass is 9.97.